The zero-order valence-corrected chi connectivity index (χ0v) is 14.4. The molecule has 2 heterocycles. The summed E-state index contributed by atoms with van der Waals surface area (Å²) in [5.74, 6) is -0.958. The monoisotopic (exact) mass is 405 g/mol. The first-order chi connectivity index (χ1) is 10.6. The molecular weight excluding hydrogens is 394 g/mol. The van der Waals surface area contributed by atoms with Gasteiger partial charge in [-0.2, -0.15) is 4.89 Å². The average Bonchev–Trinajstić information content (AvgIpc) is 2.91. The van der Waals surface area contributed by atoms with E-state index in [1.807, 2.05) is 0 Å². The highest BCUT2D eigenvalue weighted by atomic mass is 79.9. The molecule has 2 unspecified atom stereocenters. The van der Waals surface area contributed by atoms with Crippen molar-refractivity contribution in [1.29, 1.82) is 0 Å². The second-order valence-corrected chi connectivity index (χ2v) is 5.08. The van der Waals surface area contributed by atoms with Crippen LogP contribution in [0, 0.1) is 0 Å². The number of ether oxygens (including phenoxy) is 2. The van der Waals surface area contributed by atoms with Crippen LogP contribution in [0.25, 0.3) is 0 Å². The highest BCUT2D eigenvalue weighted by molar-refractivity contribution is 8.93. The summed E-state index contributed by atoms with van der Waals surface area (Å²) < 4.78 is 10.4. The second-order valence-electron chi connectivity index (χ2n) is 4.68. The van der Waals surface area contributed by atoms with Crippen LogP contribution in [0.4, 0.5) is 0 Å². The summed E-state index contributed by atoms with van der Waals surface area (Å²) in [7, 11) is 1.40. The van der Waals surface area contributed by atoms with Gasteiger partial charge in [-0.15, -0.1) is 17.0 Å². The van der Waals surface area contributed by atoms with Crippen LogP contribution in [-0.2, 0) is 34.6 Å². The van der Waals surface area contributed by atoms with E-state index in [4.69, 9.17) is 30.8 Å². The molecule has 1 N–H and O–H groups in total. The molecule has 2 aliphatic rings. The summed E-state index contributed by atoms with van der Waals surface area (Å²) in [5, 5.41) is 3.24. The van der Waals surface area contributed by atoms with Crippen molar-refractivity contribution >= 4 is 40.5 Å². The summed E-state index contributed by atoms with van der Waals surface area (Å²) in [6.45, 7) is -0.143. The molecule has 7 nitrogen and oxygen atoms in total. The molecule has 1 aromatic carbocycles. The van der Waals surface area contributed by atoms with Gasteiger partial charge >= 0.3 is 11.9 Å². The van der Waals surface area contributed by atoms with Gasteiger partial charge in [-0.25, -0.2) is 9.59 Å². The van der Waals surface area contributed by atoms with Gasteiger partial charge in [0.15, 0.2) is 0 Å². The molecule has 0 aliphatic carbocycles. The van der Waals surface area contributed by atoms with Gasteiger partial charge in [0.1, 0.15) is 12.3 Å². The average molecular weight is 407 g/mol. The highest BCUT2D eigenvalue weighted by Crippen LogP contribution is 2.40. The minimum absolute atomic E-state index is 0. The van der Waals surface area contributed by atoms with Crippen molar-refractivity contribution in [3.05, 3.63) is 46.7 Å². The number of cyclic esters (lactones) is 1. The Labute approximate surface area is 147 Å². The lowest BCUT2D eigenvalue weighted by atomic mass is 9.95. The Morgan fingerprint density at radius 3 is 2.70 bits per heavy atom. The van der Waals surface area contributed by atoms with Crippen LogP contribution >= 0.6 is 28.6 Å². The number of esters is 1. The smallest absolute Gasteiger partial charge is 0.356 e. The Morgan fingerprint density at radius 1 is 1.35 bits per heavy atom. The van der Waals surface area contributed by atoms with Crippen LogP contribution in [0.3, 0.4) is 0 Å². The molecular formula is C14H13BrClNO6. The fourth-order valence-electron chi connectivity index (χ4n) is 2.40. The van der Waals surface area contributed by atoms with E-state index < -0.39 is 23.8 Å². The van der Waals surface area contributed by atoms with E-state index in [0.29, 0.717) is 10.6 Å². The van der Waals surface area contributed by atoms with Crippen LogP contribution in [0.1, 0.15) is 5.56 Å². The molecule has 0 saturated carbocycles. The van der Waals surface area contributed by atoms with Gasteiger partial charge in [0.25, 0.3) is 0 Å². The van der Waals surface area contributed by atoms with Crippen molar-refractivity contribution in [2.45, 2.75) is 11.8 Å². The fraction of sp³-hybridized carbons (Fsp3) is 0.286. The van der Waals surface area contributed by atoms with Crippen molar-refractivity contribution in [3.63, 3.8) is 0 Å². The Balaban J connectivity index is 0.00000192. The maximum Gasteiger partial charge on any atom is 0.356 e. The van der Waals surface area contributed by atoms with Crippen LogP contribution in [0.5, 0.6) is 0 Å². The van der Waals surface area contributed by atoms with E-state index in [1.165, 1.54) is 13.2 Å². The van der Waals surface area contributed by atoms with Crippen LogP contribution in [0.15, 0.2) is 36.1 Å². The van der Waals surface area contributed by atoms with Gasteiger partial charge < -0.3 is 9.47 Å². The molecule has 1 aromatic rings. The van der Waals surface area contributed by atoms with E-state index in [1.54, 1.807) is 24.3 Å². The molecule has 3 rings (SSSR count). The first kappa shape index (κ1) is 17.7. The number of rotatable bonds is 3. The maximum atomic E-state index is 11.6. The van der Waals surface area contributed by atoms with Crippen molar-refractivity contribution in [3.8, 4) is 0 Å². The van der Waals surface area contributed by atoms with Crippen LogP contribution < -0.4 is 5.32 Å². The molecule has 0 amide bonds. The number of hydrogen-bond acceptors (Lipinski definition) is 7. The Bertz CT molecular complexity index is 654. The van der Waals surface area contributed by atoms with Crippen molar-refractivity contribution in [2.75, 3.05) is 13.7 Å². The molecule has 0 bridgehead atoms. The Morgan fingerprint density at radius 2 is 2.09 bits per heavy atom. The minimum atomic E-state index is -1.49. The number of hydrogen-bond donors (Lipinski definition) is 1. The summed E-state index contributed by atoms with van der Waals surface area (Å²) in [6, 6.07) is 6.79. The van der Waals surface area contributed by atoms with E-state index >= 15 is 0 Å². The second kappa shape index (κ2) is 6.88. The summed E-state index contributed by atoms with van der Waals surface area (Å²) in [5.41, 5.74) is -1.04. The number of halogens is 2. The molecule has 2 aliphatic heterocycles. The molecule has 0 aromatic heterocycles. The Hall–Kier alpha value is -1.61. The molecule has 1 fully saturated rings. The largest absolute Gasteiger partial charge is 0.497 e. The number of methoxy groups -OCH3 is 1. The van der Waals surface area contributed by atoms with Crippen LogP contribution in [0.2, 0.25) is 5.02 Å². The normalized spacial score (nSPS) is 26.7. The highest BCUT2D eigenvalue weighted by Gasteiger charge is 2.54. The van der Waals surface area contributed by atoms with E-state index in [2.05, 4.69) is 5.32 Å². The minimum Gasteiger partial charge on any atom is -0.497 e. The number of carbonyl (C=O) groups excluding carboxylic acids is 2. The third-order valence-electron chi connectivity index (χ3n) is 3.39. The molecule has 2 atom stereocenters. The lowest BCUT2D eigenvalue weighted by molar-refractivity contribution is -0.378. The molecule has 1 saturated heterocycles. The molecule has 9 heteroatoms. The predicted molar refractivity (Wildman–Crippen MR) is 83.6 cm³/mol. The standard InChI is InChI=1S/C14H12ClNO6.BrH/c1-19-10-6-11(17)20-13(10)14(16-7-12(18)21-22-14)8-4-2-3-5-9(8)15;/h2-6,13,16H,7H2,1H3;1H. The van der Waals surface area contributed by atoms with Gasteiger partial charge in [-0.3, -0.25) is 10.2 Å². The third kappa shape index (κ3) is 3.07. The molecule has 124 valence electrons. The number of carbonyl (C=O) groups is 2. The van der Waals surface area contributed by atoms with Crippen molar-refractivity contribution < 1.29 is 28.8 Å². The number of benzene rings is 1. The summed E-state index contributed by atoms with van der Waals surface area (Å²) in [6.07, 6.45) is 0.211. The Kier molecular flexibility index (Phi) is 5.30. The zero-order valence-electron chi connectivity index (χ0n) is 11.9. The maximum absolute atomic E-state index is 11.6. The summed E-state index contributed by atoms with van der Waals surface area (Å²) >= 11 is 6.23. The molecule has 23 heavy (non-hydrogen) atoms. The van der Waals surface area contributed by atoms with Gasteiger partial charge in [0, 0.05) is 10.6 Å². The lowest BCUT2D eigenvalue weighted by Crippen LogP contribution is -2.59. The number of nitrogens with one attached hydrogen (secondary N) is 1. The van der Waals surface area contributed by atoms with Gasteiger partial charge in [-0.1, -0.05) is 29.8 Å². The third-order valence-corrected chi connectivity index (χ3v) is 3.72. The van der Waals surface area contributed by atoms with E-state index in [-0.39, 0.29) is 29.3 Å². The quantitative estimate of drug-likeness (QED) is 0.603. The molecule has 0 spiro atoms. The topological polar surface area (TPSA) is 83.1 Å². The zero-order chi connectivity index (χ0) is 15.7. The van der Waals surface area contributed by atoms with E-state index in [9.17, 15) is 9.59 Å². The fourth-order valence-corrected chi connectivity index (χ4v) is 2.68. The first-order valence-electron chi connectivity index (χ1n) is 6.41. The van der Waals surface area contributed by atoms with E-state index in [0.717, 1.165) is 0 Å². The van der Waals surface area contributed by atoms with Gasteiger partial charge in [0.2, 0.25) is 11.8 Å². The van der Waals surface area contributed by atoms with Gasteiger partial charge in [-0.05, 0) is 6.07 Å². The SMILES string of the molecule is Br.COC1=CC(=O)OC1C1(c2ccccc2Cl)NCC(=O)OO1. The van der Waals surface area contributed by atoms with Crippen molar-refractivity contribution in [2.24, 2.45) is 0 Å². The molecule has 0 radical (unpaired) electrons. The van der Waals surface area contributed by atoms with Crippen molar-refractivity contribution in [1.82, 2.24) is 5.32 Å². The lowest BCUT2D eigenvalue weighted by Gasteiger charge is -2.39. The predicted octanol–water partition coefficient (Wildman–Crippen LogP) is 1.60. The summed E-state index contributed by atoms with van der Waals surface area (Å²) in [4.78, 5) is 32.9. The van der Waals surface area contributed by atoms with Crippen LogP contribution in [-0.4, -0.2) is 31.7 Å². The first-order valence-corrected chi connectivity index (χ1v) is 6.79. The van der Waals surface area contributed by atoms with Gasteiger partial charge in [0.05, 0.1) is 13.2 Å².